The van der Waals surface area contributed by atoms with Crippen LogP contribution in [0.25, 0.3) is 10.9 Å². The van der Waals surface area contributed by atoms with Crippen molar-refractivity contribution in [2.75, 3.05) is 19.4 Å². The van der Waals surface area contributed by atoms with Crippen molar-refractivity contribution < 1.29 is 18.0 Å². The molecule has 3 aromatic rings. The maximum atomic E-state index is 13.0. The first-order valence-corrected chi connectivity index (χ1v) is 8.95. The first-order chi connectivity index (χ1) is 13.5. The number of hydrogen-bond donors (Lipinski definition) is 1. The topological polar surface area (TPSA) is 63.1 Å². The minimum Gasteiger partial charge on any atom is -0.347 e. The summed E-state index contributed by atoms with van der Waals surface area (Å²) >= 11 is 0. The summed E-state index contributed by atoms with van der Waals surface area (Å²) < 4.78 is 40.7. The Kier molecular flexibility index (Phi) is 5.25. The van der Waals surface area contributed by atoms with E-state index in [9.17, 15) is 18.0 Å². The van der Waals surface area contributed by atoms with Gasteiger partial charge < -0.3 is 10.2 Å². The van der Waals surface area contributed by atoms with E-state index in [0.29, 0.717) is 28.0 Å². The fraction of sp³-hybridized carbons (Fsp3) is 0.350. The van der Waals surface area contributed by atoms with Crippen LogP contribution in [0.2, 0.25) is 0 Å². The van der Waals surface area contributed by atoms with Crippen LogP contribution in [0.5, 0.6) is 0 Å². The smallest absolute Gasteiger partial charge is 0.347 e. The van der Waals surface area contributed by atoms with Crippen molar-refractivity contribution in [3.63, 3.8) is 0 Å². The molecule has 9 heteroatoms. The number of pyridine rings is 1. The Morgan fingerprint density at radius 3 is 2.28 bits per heavy atom. The molecule has 1 N–H and O–H groups in total. The van der Waals surface area contributed by atoms with Crippen LogP contribution in [0, 0.1) is 20.8 Å². The standard InChI is InChI=1S/C20H22F3N5O/c1-11-6-14(20(21,22)23)7-12(2)17(11)26-19-15-9-25-28(10-16(29)27(4)5)18(15)13(3)8-24-19/h6-9H,10H2,1-5H3,(H,24,26). The summed E-state index contributed by atoms with van der Waals surface area (Å²) in [5.41, 5.74) is 2.39. The van der Waals surface area contributed by atoms with Gasteiger partial charge in [-0.15, -0.1) is 0 Å². The third-order valence-corrected chi connectivity index (χ3v) is 4.74. The number of benzene rings is 1. The van der Waals surface area contributed by atoms with Crippen LogP contribution in [0.1, 0.15) is 22.3 Å². The largest absolute Gasteiger partial charge is 0.416 e. The van der Waals surface area contributed by atoms with Crippen LogP contribution < -0.4 is 5.32 Å². The maximum Gasteiger partial charge on any atom is 0.416 e. The van der Waals surface area contributed by atoms with Crippen LogP contribution in [0.4, 0.5) is 24.7 Å². The SMILES string of the molecule is Cc1cc(C(F)(F)F)cc(C)c1Nc1ncc(C)c2c1cnn2CC(=O)N(C)C. The molecule has 0 aliphatic rings. The van der Waals surface area contributed by atoms with E-state index in [1.807, 2.05) is 6.92 Å². The molecule has 0 saturated heterocycles. The monoisotopic (exact) mass is 405 g/mol. The van der Waals surface area contributed by atoms with Gasteiger partial charge in [-0.25, -0.2) is 4.98 Å². The number of aryl methyl sites for hydroxylation is 3. The summed E-state index contributed by atoms with van der Waals surface area (Å²) in [6.45, 7) is 5.19. The molecule has 0 unspecified atom stereocenters. The zero-order valence-corrected chi connectivity index (χ0v) is 16.8. The van der Waals surface area contributed by atoms with Crippen LogP contribution >= 0.6 is 0 Å². The quantitative estimate of drug-likeness (QED) is 0.706. The molecule has 29 heavy (non-hydrogen) atoms. The summed E-state index contributed by atoms with van der Waals surface area (Å²) in [4.78, 5) is 18.0. The van der Waals surface area contributed by atoms with Crippen LogP contribution in [-0.2, 0) is 17.5 Å². The summed E-state index contributed by atoms with van der Waals surface area (Å²) in [7, 11) is 3.34. The molecule has 154 valence electrons. The molecule has 0 atom stereocenters. The molecule has 2 aromatic heterocycles. The molecule has 0 spiro atoms. The number of fused-ring (bicyclic) bond motifs is 1. The summed E-state index contributed by atoms with van der Waals surface area (Å²) in [5, 5.41) is 8.15. The molecule has 6 nitrogen and oxygen atoms in total. The molecule has 0 aliphatic carbocycles. The highest BCUT2D eigenvalue weighted by molar-refractivity contribution is 5.94. The molecule has 0 fully saturated rings. The Morgan fingerprint density at radius 2 is 1.72 bits per heavy atom. The number of likely N-dealkylation sites (N-methyl/N-ethyl adjacent to an activating group) is 1. The summed E-state index contributed by atoms with van der Waals surface area (Å²) in [5.74, 6) is 0.371. The average Bonchev–Trinajstić information content (AvgIpc) is 3.03. The molecular weight excluding hydrogens is 383 g/mol. The van der Waals surface area contributed by atoms with E-state index in [4.69, 9.17) is 0 Å². The number of carbonyl (C=O) groups excluding carboxylic acids is 1. The summed E-state index contributed by atoms with van der Waals surface area (Å²) in [6, 6.07) is 2.22. The van der Waals surface area contributed by atoms with Crippen molar-refractivity contribution in [2.45, 2.75) is 33.5 Å². The Bertz CT molecular complexity index is 1060. The summed E-state index contributed by atoms with van der Waals surface area (Å²) in [6.07, 6.45) is -1.14. The molecule has 1 amide bonds. The van der Waals surface area contributed by atoms with E-state index in [2.05, 4.69) is 15.4 Å². The first kappa shape index (κ1) is 20.6. The Hall–Kier alpha value is -3.10. The predicted octanol–water partition coefficient (Wildman–Crippen LogP) is 4.21. The van der Waals surface area contributed by atoms with Gasteiger partial charge in [0, 0.05) is 26.0 Å². The predicted molar refractivity (Wildman–Crippen MR) is 105 cm³/mol. The second-order valence-electron chi connectivity index (χ2n) is 7.25. The zero-order valence-electron chi connectivity index (χ0n) is 16.8. The van der Waals surface area contributed by atoms with E-state index in [0.717, 1.165) is 23.2 Å². The molecule has 3 rings (SSSR count). The number of anilines is 2. The maximum absolute atomic E-state index is 13.0. The van der Waals surface area contributed by atoms with Crippen molar-refractivity contribution in [3.05, 3.63) is 46.8 Å². The molecule has 1 aromatic carbocycles. The van der Waals surface area contributed by atoms with Gasteiger partial charge in [0.1, 0.15) is 12.4 Å². The van der Waals surface area contributed by atoms with Gasteiger partial charge in [-0.3, -0.25) is 9.48 Å². The highest BCUT2D eigenvalue weighted by Crippen LogP contribution is 2.35. The Balaban J connectivity index is 2.03. The van der Waals surface area contributed by atoms with Crippen molar-refractivity contribution in [1.29, 1.82) is 0 Å². The van der Waals surface area contributed by atoms with Gasteiger partial charge in [-0.1, -0.05) is 0 Å². The third-order valence-electron chi connectivity index (χ3n) is 4.74. The number of carbonyl (C=O) groups is 1. The van der Waals surface area contributed by atoms with Crippen LogP contribution in [0.15, 0.2) is 24.5 Å². The van der Waals surface area contributed by atoms with E-state index >= 15 is 0 Å². The van der Waals surface area contributed by atoms with Crippen LogP contribution in [0.3, 0.4) is 0 Å². The van der Waals surface area contributed by atoms with Gasteiger partial charge in [0.05, 0.1) is 22.7 Å². The molecule has 0 radical (unpaired) electrons. The van der Waals surface area contributed by atoms with Crippen molar-refractivity contribution in [3.8, 4) is 0 Å². The number of nitrogens with one attached hydrogen (secondary N) is 1. The van der Waals surface area contributed by atoms with Gasteiger partial charge in [-0.05, 0) is 49.6 Å². The van der Waals surface area contributed by atoms with Gasteiger partial charge in [-0.2, -0.15) is 18.3 Å². The first-order valence-electron chi connectivity index (χ1n) is 8.95. The number of aromatic nitrogens is 3. The normalized spacial score (nSPS) is 11.7. The van der Waals surface area contributed by atoms with Gasteiger partial charge in [0.15, 0.2) is 0 Å². The van der Waals surface area contributed by atoms with E-state index in [-0.39, 0.29) is 12.5 Å². The highest BCUT2D eigenvalue weighted by Gasteiger charge is 2.31. The van der Waals surface area contributed by atoms with Gasteiger partial charge >= 0.3 is 6.18 Å². The fourth-order valence-electron chi connectivity index (χ4n) is 3.20. The molecule has 0 aliphatic heterocycles. The second kappa shape index (κ2) is 7.38. The molecule has 0 bridgehead atoms. The number of hydrogen-bond acceptors (Lipinski definition) is 4. The number of halogens is 3. The Morgan fingerprint density at radius 1 is 1.10 bits per heavy atom. The van der Waals surface area contributed by atoms with Gasteiger partial charge in [0.2, 0.25) is 5.91 Å². The lowest BCUT2D eigenvalue weighted by molar-refractivity contribution is -0.137. The minimum absolute atomic E-state index is 0.0825. The highest BCUT2D eigenvalue weighted by atomic mass is 19.4. The lowest BCUT2D eigenvalue weighted by Gasteiger charge is -2.16. The zero-order chi connectivity index (χ0) is 21.5. The second-order valence-corrected chi connectivity index (χ2v) is 7.25. The fourth-order valence-corrected chi connectivity index (χ4v) is 3.20. The number of alkyl halides is 3. The molecule has 2 heterocycles. The van der Waals surface area contributed by atoms with Crippen molar-refractivity contribution >= 4 is 28.3 Å². The van der Waals surface area contributed by atoms with Gasteiger partial charge in [0.25, 0.3) is 0 Å². The van der Waals surface area contributed by atoms with E-state index in [1.165, 1.54) is 4.90 Å². The lowest BCUT2D eigenvalue weighted by atomic mass is 10.0. The minimum atomic E-state index is -4.40. The van der Waals surface area contributed by atoms with Crippen molar-refractivity contribution in [1.82, 2.24) is 19.7 Å². The number of amides is 1. The van der Waals surface area contributed by atoms with E-state index < -0.39 is 11.7 Å². The van der Waals surface area contributed by atoms with Crippen molar-refractivity contribution in [2.24, 2.45) is 0 Å². The van der Waals surface area contributed by atoms with E-state index in [1.54, 1.807) is 45.0 Å². The number of rotatable bonds is 4. The lowest BCUT2D eigenvalue weighted by Crippen LogP contribution is -2.26. The number of nitrogens with zero attached hydrogens (tertiary/aromatic N) is 4. The third kappa shape index (κ3) is 4.03. The molecular formula is C20H22F3N5O. The Labute approximate surface area is 166 Å². The van der Waals surface area contributed by atoms with Crippen LogP contribution in [-0.4, -0.2) is 39.7 Å². The molecule has 0 saturated carbocycles. The average molecular weight is 405 g/mol.